The Balaban J connectivity index is 1.56. The van der Waals surface area contributed by atoms with Gasteiger partial charge in [0.15, 0.2) is 0 Å². The van der Waals surface area contributed by atoms with E-state index in [1.165, 1.54) is 48.5 Å². The number of allylic oxidation sites excluding steroid dienone is 1. The summed E-state index contributed by atoms with van der Waals surface area (Å²) in [7, 11) is 0. The van der Waals surface area contributed by atoms with Gasteiger partial charge in [-0.15, -0.1) is 0 Å². The number of hydrogen-bond donors (Lipinski definition) is 1. The normalized spacial score (nSPS) is 54.2. The number of aliphatic hydroxyl groups is 1. The zero-order valence-electron chi connectivity index (χ0n) is 13.9. The largest absolute Gasteiger partial charge is 0.393 e. The molecule has 0 radical (unpaired) electrons. The maximum absolute atomic E-state index is 10.0. The number of halogens is 1. The second kappa shape index (κ2) is 5.75. The molecule has 6 unspecified atom stereocenters. The van der Waals surface area contributed by atoms with Gasteiger partial charge in [0.25, 0.3) is 0 Å². The van der Waals surface area contributed by atoms with Crippen molar-refractivity contribution in [2.75, 3.05) is 0 Å². The average Bonchev–Trinajstić information content (AvgIpc) is 2.84. The minimum atomic E-state index is 0.00450. The van der Waals surface area contributed by atoms with Gasteiger partial charge in [-0.25, -0.2) is 0 Å². The van der Waals surface area contributed by atoms with E-state index in [4.69, 9.17) is 0 Å². The van der Waals surface area contributed by atoms with Gasteiger partial charge < -0.3 is 5.11 Å². The van der Waals surface area contributed by atoms with E-state index in [1.807, 2.05) is 0 Å². The second-order valence-corrected chi connectivity index (χ2v) is 10.4. The van der Waals surface area contributed by atoms with Crippen LogP contribution in [0.2, 0.25) is 0 Å². The van der Waals surface area contributed by atoms with Crippen LogP contribution in [0, 0.1) is 40.9 Å². The Hall–Kier alpha value is 0.430. The molecule has 0 amide bonds. The molecular formula is C20H31IO. The summed E-state index contributed by atoms with van der Waals surface area (Å²) in [6.07, 6.45) is 12.0. The summed E-state index contributed by atoms with van der Waals surface area (Å²) >= 11 is 2.50. The molecule has 0 aliphatic heterocycles. The summed E-state index contributed by atoms with van der Waals surface area (Å²) in [4.78, 5) is 0. The molecule has 4 aliphatic carbocycles. The molecule has 4 saturated carbocycles. The molecule has 2 heteroatoms. The minimum absolute atomic E-state index is 0.00450. The zero-order valence-corrected chi connectivity index (χ0v) is 16.1. The highest BCUT2D eigenvalue weighted by molar-refractivity contribution is 14.1. The van der Waals surface area contributed by atoms with Crippen LogP contribution in [0.5, 0.6) is 0 Å². The van der Waals surface area contributed by atoms with Crippen molar-refractivity contribution in [1.82, 2.24) is 0 Å². The fourth-order valence-electron chi connectivity index (χ4n) is 7.34. The van der Waals surface area contributed by atoms with Crippen molar-refractivity contribution in [2.24, 2.45) is 40.9 Å². The van der Waals surface area contributed by atoms with Gasteiger partial charge in [-0.05, 0) is 125 Å². The number of rotatable bonds is 1. The van der Waals surface area contributed by atoms with Gasteiger partial charge in [-0.3, -0.25) is 0 Å². The first-order valence-corrected chi connectivity index (χ1v) is 10.6. The van der Waals surface area contributed by atoms with Gasteiger partial charge in [0.05, 0.1) is 6.10 Å². The Morgan fingerprint density at radius 2 is 1.77 bits per heavy atom. The Bertz CT molecular complexity index is 461. The van der Waals surface area contributed by atoms with Gasteiger partial charge in [-0.2, -0.15) is 0 Å². The summed E-state index contributed by atoms with van der Waals surface area (Å²) in [5.74, 6) is 5.46. The Labute approximate surface area is 149 Å². The highest BCUT2D eigenvalue weighted by atomic mass is 127. The first kappa shape index (κ1) is 15.9. The average molecular weight is 414 g/mol. The van der Waals surface area contributed by atoms with Crippen molar-refractivity contribution in [3.05, 3.63) is 10.2 Å². The van der Waals surface area contributed by atoms with Crippen LogP contribution in [0.1, 0.15) is 64.7 Å². The summed E-state index contributed by atoms with van der Waals surface area (Å²) in [6, 6.07) is 0. The van der Waals surface area contributed by atoms with Crippen molar-refractivity contribution in [3.8, 4) is 0 Å². The predicted molar refractivity (Wildman–Crippen MR) is 99.8 cm³/mol. The van der Waals surface area contributed by atoms with E-state index in [9.17, 15) is 5.11 Å². The molecule has 0 aromatic carbocycles. The van der Waals surface area contributed by atoms with Crippen molar-refractivity contribution in [3.63, 3.8) is 0 Å². The van der Waals surface area contributed by atoms with Crippen molar-refractivity contribution < 1.29 is 5.11 Å². The third kappa shape index (κ3) is 2.34. The van der Waals surface area contributed by atoms with Crippen molar-refractivity contribution >= 4 is 22.6 Å². The maximum Gasteiger partial charge on any atom is 0.0543 e. The Morgan fingerprint density at radius 1 is 1.00 bits per heavy atom. The molecule has 22 heavy (non-hydrogen) atoms. The lowest BCUT2D eigenvalue weighted by Crippen LogP contribution is -2.49. The first-order chi connectivity index (χ1) is 10.5. The predicted octanol–water partition coefficient (Wildman–Crippen LogP) is 5.56. The first-order valence-electron chi connectivity index (χ1n) is 9.53. The highest BCUT2D eigenvalue weighted by Crippen LogP contribution is 2.65. The lowest BCUT2D eigenvalue weighted by atomic mass is 9.49. The molecule has 4 aliphatic rings. The van der Waals surface area contributed by atoms with Crippen LogP contribution in [-0.4, -0.2) is 11.2 Å². The quantitative estimate of drug-likeness (QED) is 0.557. The van der Waals surface area contributed by atoms with E-state index in [-0.39, 0.29) is 6.10 Å². The van der Waals surface area contributed by atoms with Crippen LogP contribution in [0.4, 0.5) is 0 Å². The lowest BCUT2D eigenvalue weighted by molar-refractivity contribution is -0.0734. The standard InChI is InChI=1S/C20H31IO/c1-12(21)18-7-8-19-17-5-3-13-11-14(22)4-6-15(13)16(17)9-10-20(18,19)2/h13-19,22H,1,3-11H2,2H3/t13?,14?,15?,16?,17?,18-,19?,20-/m1/s1. The third-order valence-corrected chi connectivity index (χ3v) is 9.06. The molecule has 8 atom stereocenters. The summed E-state index contributed by atoms with van der Waals surface area (Å²) in [5.41, 5.74) is 0.542. The van der Waals surface area contributed by atoms with Crippen LogP contribution in [0.3, 0.4) is 0 Å². The molecule has 4 rings (SSSR count). The van der Waals surface area contributed by atoms with Crippen LogP contribution in [0.15, 0.2) is 10.2 Å². The molecule has 0 heterocycles. The fraction of sp³-hybridized carbons (Fsp3) is 0.900. The molecule has 0 spiro atoms. The van der Waals surface area contributed by atoms with Gasteiger partial charge in [-0.1, -0.05) is 13.5 Å². The summed E-state index contributed by atoms with van der Waals surface area (Å²) < 4.78 is 1.41. The number of aliphatic hydroxyl groups excluding tert-OH is 1. The number of hydrogen-bond acceptors (Lipinski definition) is 1. The van der Waals surface area contributed by atoms with Crippen molar-refractivity contribution in [2.45, 2.75) is 70.8 Å². The van der Waals surface area contributed by atoms with E-state index >= 15 is 0 Å². The van der Waals surface area contributed by atoms with Crippen LogP contribution in [0.25, 0.3) is 0 Å². The van der Waals surface area contributed by atoms with Crippen LogP contribution >= 0.6 is 22.6 Å². The third-order valence-electron chi connectivity index (χ3n) is 8.30. The van der Waals surface area contributed by atoms with Crippen LogP contribution in [-0.2, 0) is 0 Å². The highest BCUT2D eigenvalue weighted by Gasteiger charge is 2.57. The minimum Gasteiger partial charge on any atom is -0.393 e. The van der Waals surface area contributed by atoms with E-state index in [0.29, 0.717) is 5.41 Å². The summed E-state index contributed by atoms with van der Waals surface area (Å²) in [5, 5.41) is 10.0. The Morgan fingerprint density at radius 3 is 2.55 bits per heavy atom. The zero-order chi connectivity index (χ0) is 15.5. The molecular weight excluding hydrogens is 383 g/mol. The molecule has 0 aromatic heterocycles. The van der Waals surface area contributed by atoms with Gasteiger partial charge in [0, 0.05) is 0 Å². The number of fused-ring (bicyclic) bond motifs is 5. The molecule has 124 valence electrons. The molecule has 1 N–H and O–H groups in total. The van der Waals surface area contributed by atoms with E-state index < -0.39 is 0 Å². The molecule has 0 bridgehead atoms. The second-order valence-electron chi connectivity index (χ2n) is 9.02. The van der Waals surface area contributed by atoms with Gasteiger partial charge in [0.1, 0.15) is 0 Å². The maximum atomic E-state index is 10.0. The van der Waals surface area contributed by atoms with Crippen LogP contribution < -0.4 is 0 Å². The van der Waals surface area contributed by atoms with E-state index in [2.05, 4.69) is 36.1 Å². The molecule has 1 nitrogen and oxygen atoms in total. The van der Waals surface area contributed by atoms with E-state index in [0.717, 1.165) is 48.3 Å². The SMILES string of the molecule is C=C(I)[C@H]1CCC2C3CCC4CC(O)CCC4C3CC[C@@]21C. The van der Waals surface area contributed by atoms with Gasteiger partial charge >= 0.3 is 0 Å². The fourth-order valence-corrected chi connectivity index (χ4v) is 8.37. The molecule has 0 saturated heterocycles. The topological polar surface area (TPSA) is 20.2 Å². The molecule has 4 fully saturated rings. The monoisotopic (exact) mass is 414 g/mol. The van der Waals surface area contributed by atoms with Gasteiger partial charge in [0.2, 0.25) is 0 Å². The van der Waals surface area contributed by atoms with E-state index in [1.54, 1.807) is 0 Å². The summed E-state index contributed by atoms with van der Waals surface area (Å²) in [6.45, 7) is 6.90. The Kier molecular flexibility index (Phi) is 4.17. The van der Waals surface area contributed by atoms with Crippen molar-refractivity contribution in [1.29, 1.82) is 0 Å². The lowest BCUT2D eigenvalue weighted by Gasteiger charge is -2.56. The molecule has 0 aromatic rings. The smallest absolute Gasteiger partial charge is 0.0543 e.